The molecule has 3 nitrogen and oxygen atoms in total. The largest absolute Gasteiger partial charge is 0.395 e. The van der Waals surface area contributed by atoms with Crippen molar-refractivity contribution in [2.24, 2.45) is 0 Å². The fourth-order valence-electron chi connectivity index (χ4n) is 2.56. The van der Waals surface area contributed by atoms with E-state index in [9.17, 15) is 5.11 Å². The molecule has 0 radical (unpaired) electrons. The summed E-state index contributed by atoms with van der Waals surface area (Å²) < 4.78 is 0. The molecular formula is C15H23ClN2O. The summed E-state index contributed by atoms with van der Waals surface area (Å²) in [6.45, 7) is 7.30. The first-order chi connectivity index (χ1) is 9.02. The number of aliphatic hydroxyl groups is 1. The Bertz CT molecular complexity index is 436. The van der Waals surface area contributed by atoms with Crippen LogP contribution in [0.1, 0.15) is 25.3 Å². The Morgan fingerprint density at radius 3 is 2.68 bits per heavy atom. The third-order valence-electron chi connectivity index (χ3n) is 3.96. The van der Waals surface area contributed by atoms with Crippen molar-refractivity contribution < 1.29 is 5.11 Å². The maximum Gasteiger partial charge on any atom is 0.0604 e. The SMILES string of the molecule is CC(C)c1ccc(N2CCN(C)C(CO)C2)cc1Cl. The molecule has 1 atom stereocenters. The van der Waals surface area contributed by atoms with Crippen molar-refractivity contribution in [2.45, 2.75) is 25.8 Å². The van der Waals surface area contributed by atoms with E-state index in [1.807, 2.05) is 0 Å². The summed E-state index contributed by atoms with van der Waals surface area (Å²) in [6.07, 6.45) is 0. The fourth-order valence-corrected chi connectivity index (χ4v) is 2.95. The van der Waals surface area contributed by atoms with Crippen LogP contribution in [0, 0.1) is 0 Å². The predicted molar refractivity (Wildman–Crippen MR) is 81.3 cm³/mol. The quantitative estimate of drug-likeness (QED) is 0.923. The van der Waals surface area contributed by atoms with Gasteiger partial charge in [0.1, 0.15) is 0 Å². The molecule has 1 heterocycles. The number of benzene rings is 1. The second-order valence-electron chi connectivity index (χ2n) is 5.62. The minimum Gasteiger partial charge on any atom is -0.395 e. The highest BCUT2D eigenvalue weighted by atomic mass is 35.5. The lowest BCUT2D eigenvalue weighted by molar-refractivity contribution is 0.135. The van der Waals surface area contributed by atoms with Gasteiger partial charge in [0.2, 0.25) is 0 Å². The van der Waals surface area contributed by atoms with Crippen molar-refractivity contribution in [1.82, 2.24) is 4.90 Å². The first-order valence-electron chi connectivity index (χ1n) is 6.88. The van der Waals surface area contributed by atoms with E-state index in [0.717, 1.165) is 30.3 Å². The molecule has 1 N–H and O–H groups in total. The molecule has 1 aliphatic rings. The fraction of sp³-hybridized carbons (Fsp3) is 0.600. The van der Waals surface area contributed by atoms with Crippen LogP contribution >= 0.6 is 11.6 Å². The first-order valence-corrected chi connectivity index (χ1v) is 7.26. The van der Waals surface area contributed by atoms with Crippen LogP contribution in [0.4, 0.5) is 5.69 Å². The van der Waals surface area contributed by atoms with Gasteiger partial charge in [-0.15, -0.1) is 0 Å². The van der Waals surface area contributed by atoms with Gasteiger partial charge in [0.15, 0.2) is 0 Å². The second kappa shape index (κ2) is 6.12. The van der Waals surface area contributed by atoms with Crippen LogP contribution < -0.4 is 4.90 Å². The highest BCUT2D eigenvalue weighted by Crippen LogP contribution is 2.29. The lowest BCUT2D eigenvalue weighted by Crippen LogP contribution is -2.53. The standard InChI is InChI=1S/C15H23ClN2O/c1-11(2)14-5-4-12(8-15(14)16)18-7-6-17(3)13(9-18)10-19/h4-5,8,11,13,19H,6-7,9-10H2,1-3H3. The molecule has 2 rings (SSSR count). The molecule has 1 saturated heterocycles. The number of anilines is 1. The summed E-state index contributed by atoms with van der Waals surface area (Å²) in [5.74, 6) is 0.444. The first kappa shape index (κ1) is 14.6. The molecule has 4 heteroatoms. The highest BCUT2D eigenvalue weighted by molar-refractivity contribution is 6.31. The Labute approximate surface area is 120 Å². The zero-order valence-electron chi connectivity index (χ0n) is 11.9. The molecule has 1 aliphatic heterocycles. The van der Waals surface area contributed by atoms with Crippen LogP contribution in [0.15, 0.2) is 18.2 Å². The van der Waals surface area contributed by atoms with E-state index in [1.165, 1.54) is 5.56 Å². The van der Waals surface area contributed by atoms with Gasteiger partial charge >= 0.3 is 0 Å². The highest BCUT2D eigenvalue weighted by Gasteiger charge is 2.24. The molecule has 1 fully saturated rings. The Balaban J connectivity index is 2.16. The molecule has 0 bridgehead atoms. The molecule has 1 unspecified atom stereocenters. The summed E-state index contributed by atoms with van der Waals surface area (Å²) in [4.78, 5) is 4.51. The predicted octanol–water partition coefficient (Wildman–Crippen LogP) is 2.58. The van der Waals surface area contributed by atoms with Crippen molar-refractivity contribution >= 4 is 17.3 Å². The lowest BCUT2D eigenvalue weighted by Gasteiger charge is -2.40. The molecular weight excluding hydrogens is 260 g/mol. The molecule has 0 saturated carbocycles. The monoisotopic (exact) mass is 282 g/mol. The van der Waals surface area contributed by atoms with Gasteiger partial charge in [-0.05, 0) is 30.7 Å². The van der Waals surface area contributed by atoms with Crippen molar-refractivity contribution in [3.63, 3.8) is 0 Å². The maximum absolute atomic E-state index is 9.40. The topological polar surface area (TPSA) is 26.7 Å². The summed E-state index contributed by atoms with van der Waals surface area (Å²) in [5.41, 5.74) is 2.35. The lowest BCUT2D eigenvalue weighted by atomic mass is 10.0. The number of halogens is 1. The maximum atomic E-state index is 9.40. The average Bonchev–Trinajstić information content (AvgIpc) is 2.38. The number of aliphatic hydroxyl groups excluding tert-OH is 1. The Morgan fingerprint density at radius 1 is 1.37 bits per heavy atom. The van der Waals surface area contributed by atoms with Gasteiger partial charge in [-0.1, -0.05) is 31.5 Å². The van der Waals surface area contributed by atoms with Crippen LogP contribution in [0.3, 0.4) is 0 Å². The summed E-state index contributed by atoms with van der Waals surface area (Å²) in [5, 5.41) is 10.2. The zero-order chi connectivity index (χ0) is 14.0. The van der Waals surface area contributed by atoms with Gasteiger partial charge in [0.05, 0.1) is 12.6 Å². The van der Waals surface area contributed by atoms with Crippen LogP contribution in [0.2, 0.25) is 5.02 Å². The number of hydrogen-bond acceptors (Lipinski definition) is 3. The average molecular weight is 283 g/mol. The number of hydrogen-bond donors (Lipinski definition) is 1. The van der Waals surface area contributed by atoms with Crippen LogP contribution in [-0.2, 0) is 0 Å². The third-order valence-corrected chi connectivity index (χ3v) is 4.29. The van der Waals surface area contributed by atoms with Gasteiger partial charge < -0.3 is 10.0 Å². The molecule has 1 aromatic rings. The van der Waals surface area contributed by atoms with Gasteiger partial charge in [-0.2, -0.15) is 0 Å². The molecule has 1 aromatic carbocycles. The van der Waals surface area contributed by atoms with E-state index in [0.29, 0.717) is 5.92 Å². The Hall–Kier alpha value is -0.770. The summed E-state index contributed by atoms with van der Waals surface area (Å²) in [7, 11) is 2.06. The van der Waals surface area contributed by atoms with Gasteiger partial charge in [-0.3, -0.25) is 4.90 Å². The van der Waals surface area contributed by atoms with E-state index in [-0.39, 0.29) is 12.6 Å². The summed E-state index contributed by atoms with van der Waals surface area (Å²) in [6, 6.07) is 6.52. The minimum atomic E-state index is 0.199. The van der Waals surface area contributed by atoms with Crippen LogP contribution in [-0.4, -0.2) is 49.3 Å². The minimum absolute atomic E-state index is 0.199. The number of likely N-dealkylation sites (N-methyl/N-ethyl adjacent to an activating group) is 1. The smallest absolute Gasteiger partial charge is 0.0604 e. The molecule has 0 aliphatic carbocycles. The van der Waals surface area contributed by atoms with Crippen LogP contribution in [0.5, 0.6) is 0 Å². The number of piperazine rings is 1. The summed E-state index contributed by atoms with van der Waals surface area (Å²) >= 11 is 6.36. The van der Waals surface area contributed by atoms with E-state index < -0.39 is 0 Å². The zero-order valence-corrected chi connectivity index (χ0v) is 12.7. The van der Waals surface area contributed by atoms with Gasteiger partial charge in [0, 0.05) is 30.3 Å². The van der Waals surface area contributed by atoms with Crippen molar-refractivity contribution in [3.05, 3.63) is 28.8 Å². The van der Waals surface area contributed by atoms with Gasteiger partial charge in [-0.25, -0.2) is 0 Å². The van der Waals surface area contributed by atoms with Crippen molar-refractivity contribution in [3.8, 4) is 0 Å². The second-order valence-corrected chi connectivity index (χ2v) is 6.03. The molecule has 106 valence electrons. The Kier molecular flexibility index (Phi) is 4.71. The number of nitrogens with zero attached hydrogens (tertiary/aromatic N) is 2. The van der Waals surface area contributed by atoms with E-state index in [4.69, 9.17) is 11.6 Å². The molecule has 19 heavy (non-hydrogen) atoms. The number of rotatable bonds is 3. The normalized spacial score (nSPS) is 21.2. The third kappa shape index (κ3) is 3.22. The van der Waals surface area contributed by atoms with Crippen molar-refractivity contribution in [1.29, 1.82) is 0 Å². The van der Waals surface area contributed by atoms with E-state index in [2.05, 4.69) is 48.9 Å². The van der Waals surface area contributed by atoms with Crippen LogP contribution in [0.25, 0.3) is 0 Å². The molecule has 0 spiro atoms. The van der Waals surface area contributed by atoms with Crippen molar-refractivity contribution in [2.75, 3.05) is 38.2 Å². The van der Waals surface area contributed by atoms with E-state index in [1.54, 1.807) is 0 Å². The van der Waals surface area contributed by atoms with Gasteiger partial charge in [0.25, 0.3) is 0 Å². The van der Waals surface area contributed by atoms with E-state index >= 15 is 0 Å². The molecule has 0 amide bonds. The Morgan fingerprint density at radius 2 is 2.11 bits per heavy atom. The molecule has 0 aromatic heterocycles.